The second kappa shape index (κ2) is 6.90. The molecule has 0 aliphatic carbocycles. The Hall–Kier alpha value is -1.34. The summed E-state index contributed by atoms with van der Waals surface area (Å²) in [4.78, 5) is 1.42. The van der Waals surface area contributed by atoms with Crippen molar-refractivity contribution in [2.75, 3.05) is 6.54 Å². The Morgan fingerprint density at radius 3 is 2.90 bits per heavy atom. The fourth-order valence-corrected chi connectivity index (χ4v) is 2.53. The standard InChI is InChI=1S/C13H17BrFN5/c1-3-7-16-11(8-12-17-19-20(2)18-12)9-5-4-6-10(15)13(9)14/h4-6,11,16H,3,7-8H2,1-2H3. The number of halogens is 2. The van der Waals surface area contributed by atoms with Gasteiger partial charge in [-0.25, -0.2) is 4.39 Å². The zero-order valence-corrected chi connectivity index (χ0v) is 13.1. The summed E-state index contributed by atoms with van der Waals surface area (Å²) in [7, 11) is 1.73. The van der Waals surface area contributed by atoms with Crippen LogP contribution in [-0.4, -0.2) is 26.8 Å². The van der Waals surface area contributed by atoms with E-state index in [1.807, 2.05) is 6.07 Å². The third kappa shape index (κ3) is 3.61. The first-order chi connectivity index (χ1) is 9.61. The van der Waals surface area contributed by atoms with E-state index < -0.39 is 0 Å². The maximum atomic E-state index is 13.7. The van der Waals surface area contributed by atoms with Crippen LogP contribution in [0.4, 0.5) is 4.39 Å². The Kier molecular flexibility index (Phi) is 5.19. The molecule has 0 amide bonds. The highest BCUT2D eigenvalue weighted by Crippen LogP contribution is 2.27. The maximum Gasteiger partial charge on any atom is 0.176 e. The number of aryl methyl sites for hydroxylation is 1. The van der Waals surface area contributed by atoms with Crippen molar-refractivity contribution in [3.63, 3.8) is 0 Å². The molecule has 7 heteroatoms. The number of nitrogens with zero attached hydrogens (tertiary/aromatic N) is 4. The molecule has 5 nitrogen and oxygen atoms in total. The van der Waals surface area contributed by atoms with Crippen molar-refractivity contribution in [3.8, 4) is 0 Å². The molecule has 0 aliphatic rings. The van der Waals surface area contributed by atoms with Crippen molar-refractivity contribution in [1.29, 1.82) is 0 Å². The first-order valence-electron chi connectivity index (χ1n) is 6.52. The van der Waals surface area contributed by atoms with Crippen LogP contribution in [0.25, 0.3) is 0 Å². The van der Waals surface area contributed by atoms with Crippen LogP contribution in [-0.2, 0) is 13.5 Å². The van der Waals surface area contributed by atoms with E-state index in [1.165, 1.54) is 10.9 Å². The molecule has 2 rings (SSSR count). The van der Waals surface area contributed by atoms with Gasteiger partial charge in [-0.15, -0.1) is 10.2 Å². The fourth-order valence-electron chi connectivity index (χ4n) is 1.99. The number of hydrogen-bond acceptors (Lipinski definition) is 4. The Morgan fingerprint density at radius 2 is 2.25 bits per heavy atom. The Morgan fingerprint density at radius 1 is 1.45 bits per heavy atom. The molecule has 1 atom stereocenters. The summed E-state index contributed by atoms with van der Waals surface area (Å²) in [6.07, 6.45) is 1.56. The van der Waals surface area contributed by atoms with Crippen LogP contribution in [0.2, 0.25) is 0 Å². The zero-order chi connectivity index (χ0) is 14.5. The molecule has 1 heterocycles. The van der Waals surface area contributed by atoms with Gasteiger partial charge in [0.1, 0.15) is 5.82 Å². The van der Waals surface area contributed by atoms with E-state index in [-0.39, 0.29) is 11.9 Å². The van der Waals surface area contributed by atoms with Gasteiger partial charge in [-0.2, -0.15) is 4.80 Å². The van der Waals surface area contributed by atoms with E-state index in [2.05, 4.69) is 43.6 Å². The molecule has 0 bridgehead atoms. The van der Waals surface area contributed by atoms with E-state index in [9.17, 15) is 4.39 Å². The second-order valence-corrected chi connectivity index (χ2v) is 5.34. The average molecular weight is 342 g/mol. The number of benzene rings is 1. The third-order valence-corrected chi connectivity index (χ3v) is 3.77. The lowest BCUT2D eigenvalue weighted by atomic mass is 10.0. The van der Waals surface area contributed by atoms with Gasteiger partial charge in [-0.3, -0.25) is 0 Å². The quantitative estimate of drug-likeness (QED) is 0.876. The van der Waals surface area contributed by atoms with Crippen LogP contribution in [0.5, 0.6) is 0 Å². The normalized spacial score (nSPS) is 12.6. The summed E-state index contributed by atoms with van der Waals surface area (Å²) >= 11 is 3.31. The molecule has 108 valence electrons. The van der Waals surface area contributed by atoms with Gasteiger partial charge in [0, 0.05) is 12.5 Å². The van der Waals surface area contributed by atoms with Crippen molar-refractivity contribution in [3.05, 3.63) is 39.9 Å². The molecule has 1 aromatic carbocycles. The van der Waals surface area contributed by atoms with Gasteiger partial charge in [-0.1, -0.05) is 19.1 Å². The average Bonchev–Trinajstić information content (AvgIpc) is 2.83. The Balaban J connectivity index is 2.24. The van der Waals surface area contributed by atoms with Gasteiger partial charge in [-0.05, 0) is 45.7 Å². The monoisotopic (exact) mass is 341 g/mol. The number of rotatable bonds is 6. The summed E-state index contributed by atoms with van der Waals surface area (Å²) in [6.45, 7) is 2.93. The summed E-state index contributed by atoms with van der Waals surface area (Å²) in [5, 5.41) is 15.4. The molecular formula is C13H17BrFN5. The molecule has 20 heavy (non-hydrogen) atoms. The van der Waals surface area contributed by atoms with Gasteiger partial charge >= 0.3 is 0 Å². The Bertz CT molecular complexity index is 572. The molecule has 0 saturated heterocycles. The van der Waals surface area contributed by atoms with Gasteiger partial charge in [0.05, 0.1) is 11.5 Å². The van der Waals surface area contributed by atoms with Gasteiger partial charge in [0.2, 0.25) is 0 Å². The Labute approximate surface area is 125 Å². The highest BCUT2D eigenvalue weighted by Gasteiger charge is 2.18. The van der Waals surface area contributed by atoms with E-state index in [0.29, 0.717) is 16.7 Å². The van der Waals surface area contributed by atoms with Crippen LogP contribution in [0.15, 0.2) is 22.7 Å². The molecule has 0 saturated carbocycles. The predicted molar refractivity (Wildman–Crippen MR) is 77.6 cm³/mol. The lowest BCUT2D eigenvalue weighted by Crippen LogP contribution is -2.25. The summed E-state index contributed by atoms with van der Waals surface area (Å²) in [6, 6.07) is 4.99. The molecular weight excluding hydrogens is 325 g/mol. The topological polar surface area (TPSA) is 55.6 Å². The SMILES string of the molecule is CCCNC(Cc1nnn(C)n1)c1cccc(F)c1Br. The van der Waals surface area contributed by atoms with Crippen LogP contribution in [0, 0.1) is 5.82 Å². The van der Waals surface area contributed by atoms with Crippen molar-refractivity contribution >= 4 is 15.9 Å². The smallest absolute Gasteiger partial charge is 0.176 e. The number of tetrazole rings is 1. The minimum atomic E-state index is -0.266. The minimum absolute atomic E-state index is 0.0516. The van der Waals surface area contributed by atoms with E-state index in [1.54, 1.807) is 13.1 Å². The highest BCUT2D eigenvalue weighted by atomic mass is 79.9. The molecule has 0 spiro atoms. The second-order valence-electron chi connectivity index (χ2n) is 4.55. The summed E-state index contributed by atoms with van der Waals surface area (Å²) in [5.74, 6) is 0.371. The van der Waals surface area contributed by atoms with E-state index in [4.69, 9.17) is 0 Å². The van der Waals surface area contributed by atoms with Gasteiger partial charge in [0.15, 0.2) is 5.82 Å². The molecule has 2 aromatic rings. The van der Waals surface area contributed by atoms with Crippen molar-refractivity contribution in [2.24, 2.45) is 7.05 Å². The van der Waals surface area contributed by atoms with Crippen LogP contribution >= 0.6 is 15.9 Å². The number of nitrogens with one attached hydrogen (secondary N) is 1. The summed E-state index contributed by atoms with van der Waals surface area (Å²) < 4.78 is 14.2. The van der Waals surface area contributed by atoms with Crippen molar-refractivity contribution in [2.45, 2.75) is 25.8 Å². The summed E-state index contributed by atoms with van der Waals surface area (Å²) in [5.41, 5.74) is 0.867. The van der Waals surface area contributed by atoms with E-state index in [0.717, 1.165) is 18.5 Å². The molecule has 1 aromatic heterocycles. The van der Waals surface area contributed by atoms with Crippen LogP contribution in [0.3, 0.4) is 0 Å². The third-order valence-electron chi connectivity index (χ3n) is 2.93. The predicted octanol–water partition coefficient (Wildman–Crippen LogP) is 2.40. The lowest BCUT2D eigenvalue weighted by molar-refractivity contribution is 0.509. The van der Waals surface area contributed by atoms with Crippen LogP contribution in [0.1, 0.15) is 30.8 Å². The van der Waals surface area contributed by atoms with Gasteiger partial charge < -0.3 is 5.32 Å². The first kappa shape index (κ1) is 15.1. The largest absolute Gasteiger partial charge is 0.310 e. The number of aromatic nitrogens is 4. The van der Waals surface area contributed by atoms with Gasteiger partial charge in [0.25, 0.3) is 0 Å². The van der Waals surface area contributed by atoms with Crippen molar-refractivity contribution < 1.29 is 4.39 Å². The number of hydrogen-bond donors (Lipinski definition) is 1. The zero-order valence-electron chi connectivity index (χ0n) is 11.5. The van der Waals surface area contributed by atoms with Crippen molar-refractivity contribution in [1.82, 2.24) is 25.5 Å². The minimum Gasteiger partial charge on any atom is -0.310 e. The molecule has 1 unspecified atom stereocenters. The van der Waals surface area contributed by atoms with Crippen LogP contribution < -0.4 is 5.32 Å². The maximum absolute atomic E-state index is 13.7. The highest BCUT2D eigenvalue weighted by molar-refractivity contribution is 9.10. The molecule has 0 radical (unpaired) electrons. The molecule has 1 N–H and O–H groups in total. The molecule has 0 aliphatic heterocycles. The first-order valence-corrected chi connectivity index (χ1v) is 7.31. The molecule has 0 fully saturated rings. The van der Waals surface area contributed by atoms with E-state index >= 15 is 0 Å². The lowest BCUT2D eigenvalue weighted by Gasteiger charge is -2.19. The fraction of sp³-hybridized carbons (Fsp3) is 0.462.